The minimum Gasteiger partial charge on any atom is -0.508 e. The van der Waals surface area contributed by atoms with Crippen LogP contribution >= 0.6 is 0 Å². The molecule has 0 unspecified atom stereocenters. The number of benzene rings is 2. The van der Waals surface area contributed by atoms with Crippen molar-refractivity contribution in [2.45, 2.75) is 44.4 Å². The molecule has 2 aromatic rings. The van der Waals surface area contributed by atoms with Gasteiger partial charge in [-0.25, -0.2) is 0 Å². The average molecular weight is 282 g/mol. The van der Waals surface area contributed by atoms with Crippen LogP contribution in [0.15, 0.2) is 42.5 Å². The van der Waals surface area contributed by atoms with E-state index in [0.29, 0.717) is 17.4 Å². The van der Waals surface area contributed by atoms with Gasteiger partial charge in [-0.15, -0.1) is 0 Å². The van der Waals surface area contributed by atoms with Crippen molar-refractivity contribution in [1.29, 1.82) is 0 Å². The molecule has 2 heteroatoms. The van der Waals surface area contributed by atoms with E-state index in [2.05, 4.69) is 0 Å². The third-order valence-corrected chi connectivity index (χ3v) is 4.55. The Morgan fingerprint density at radius 1 is 0.857 bits per heavy atom. The molecule has 0 heterocycles. The minimum atomic E-state index is 0.344. The van der Waals surface area contributed by atoms with E-state index in [0.717, 1.165) is 12.0 Å². The highest BCUT2D eigenvalue weighted by molar-refractivity contribution is 5.43. The zero-order chi connectivity index (χ0) is 14.7. The first-order valence-electron chi connectivity index (χ1n) is 7.82. The van der Waals surface area contributed by atoms with Gasteiger partial charge in [-0.2, -0.15) is 0 Å². The van der Waals surface area contributed by atoms with Crippen LogP contribution in [0.4, 0.5) is 0 Å². The third-order valence-electron chi connectivity index (χ3n) is 4.55. The zero-order valence-corrected chi connectivity index (χ0v) is 12.3. The molecular weight excluding hydrogens is 260 g/mol. The molecule has 2 aromatic carbocycles. The van der Waals surface area contributed by atoms with Crippen LogP contribution in [0.25, 0.3) is 0 Å². The lowest BCUT2D eigenvalue weighted by Crippen LogP contribution is -2.07. The highest BCUT2D eigenvalue weighted by atomic mass is 16.3. The fourth-order valence-corrected chi connectivity index (χ4v) is 3.40. The molecule has 0 aliphatic heterocycles. The lowest BCUT2D eigenvalue weighted by Gasteiger charge is -2.24. The Balaban J connectivity index is 1.92. The molecule has 0 aromatic heterocycles. The van der Waals surface area contributed by atoms with Crippen molar-refractivity contribution in [3.05, 3.63) is 59.2 Å². The quantitative estimate of drug-likeness (QED) is 0.854. The standard InChI is InChI=1S/C19H22O2/c20-17-11-10-15(12-16-8-4-5-9-19(16)21)18(13-17)14-6-2-1-3-7-14/h4-5,8-11,13-14,20-21H,1-3,6-7,12H2. The van der Waals surface area contributed by atoms with Crippen LogP contribution in [-0.2, 0) is 6.42 Å². The molecule has 3 rings (SSSR count). The normalized spacial score (nSPS) is 16.0. The Labute approximate surface area is 126 Å². The van der Waals surface area contributed by atoms with E-state index < -0.39 is 0 Å². The lowest BCUT2D eigenvalue weighted by atomic mass is 9.81. The highest BCUT2D eigenvalue weighted by Gasteiger charge is 2.19. The van der Waals surface area contributed by atoms with Crippen molar-refractivity contribution < 1.29 is 10.2 Å². The van der Waals surface area contributed by atoms with Crippen LogP contribution in [0, 0.1) is 0 Å². The SMILES string of the molecule is Oc1ccc(Cc2ccccc2O)c(C2CCCCC2)c1. The zero-order valence-electron chi connectivity index (χ0n) is 12.3. The Morgan fingerprint density at radius 2 is 1.62 bits per heavy atom. The summed E-state index contributed by atoms with van der Waals surface area (Å²) in [5.74, 6) is 1.24. The molecule has 2 N–H and O–H groups in total. The van der Waals surface area contributed by atoms with E-state index in [1.165, 1.54) is 43.2 Å². The van der Waals surface area contributed by atoms with E-state index in [1.807, 2.05) is 30.3 Å². The van der Waals surface area contributed by atoms with Gasteiger partial charge >= 0.3 is 0 Å². The van der Waals surface area contributed by atoms with Gasteiger partial charge < -0.3 is 10.2 Å². The summed E-state index contributed by atoms with van der Waals surface area (Å²) in [5.41, 5.74) is 3.43. The van der Waals surface area contributed by atoms with Crippen molar-refractivity contribution in [1.82, 2.24) is 0 Å². The minimum absolute atomic E-state index is 0.344. The van der Waals surface area contributed by atoms with Gasteiger partial charge in [-0.1, -0.05) is 43.5 Å². The second kappa shape index (κ2) is 6.21. The molecule has 21 heavy (non-hydrogen) atoms. The molecule has 1 aliphatic rings. The Bertz CT molecular complexity index is 613. The summed E-state index contributed by atoms with van der Waals surface area (Å²) in [6.45, 7) is 0. The summed E-state index contributed by atoms with van der Waals surface area (Å²) in [5, 5.41) is 19.8. The first-order chi connectivity index (χ1) is 10.2. The van der Waals surface area contributed by atoms with Crippen LogP contribution in [0.5, 0.6) is 11.5 Å². The molecule has 110 valence electrons. The van der Waals surface area contributed by atoms with Crippen molar-refractivity contribution >= 4 is 0 Å². The molecule has 1 aliphatic carbocycles. The molecule has 1 saturated carbocycles. The predicted molar refractivity (Wildman–Crippen MR) is 84.8 cm³/mol. The smallest absolute Gasteiger partial charge is 0.119 e. The van der Waals surface area contributed by atoms with Crippen molar-refractivity contribution in [2.24, 2.45) is 0 Å². The van der Waals surface area contributed by atoms with Gasteiger partial charge in [0.15, 0.2) is 0 Å². The van der Waals surface area contributed by atoms with E-state index in [-0.39, 0.29) is 0 Å². The molecule has 0 atom stereocenters. The second-order valence-electron chi connectivity index (χ2n) is 6.02. The number of hydrogen-bond acceptors (Lipinski definition) is 2. The van der Waals surface area contributed by atoms with Crippen LogP contribution in [0.2, 0.25) is 0 Å². The molecular formula is C19H22O2. The summed E-state index contributed by atoms with van der Waals surface area (Å²) < 4.78 is 0. The van der Waals surface area contributed by atoms with Crippen molar-refractivity contribution in [2.75, 3.05) is 0 Å². The first kappa shape index (κ1) is 14.0. The number of phenolic OH excluding ortho intramolecular Hbond substituents is 2. The largest absolute Gasteiger partial charge is 0.508 e. The predicted octanol–water partition coefficient (Wildman–Crippen LogP) is 4.74. The first-order valence-corrected chi connectivity index (χ1v) is 7.82. The van der Waals surface area contributed by atoms with Gasteiger partial charge in [0, 0.05) is 6.42 Å². The Kier molecular flexibility index (Phi) is 4.14. The fourth-order valence-electron chi connectivity index (χ4n) is 3.40. The maximum Gasteiger partial charge on any atom is 0.119 e. The topological polar surface area (TPSA) is 40.5 Å². The van der Waals surface area contributed by atoms with Gasteiger partial charge in [-0.3, -0.25) is 0 Å². The number of rotatable bonds is 3. The summed E-state index contributed by atoms with van der Waals surface area (Å²) in [7, 11) is 0. The molecule has 2 nitrogen and oxygen atoms in total. The lowest BCUT2D eigenvalue weighted by molar-refractivity contribution is 0.436. The Hall–Kier alpha value is -1.96. The average Bonchev–Trinajstić information content (AvgIpc) is 2.52. The molecule has 0 bridgehead atoms. The van der Waals surface area contributed by atoms with Gasteiger partial charge in [0.2, 0.25) is 0 Å². The summed E-state index contributed by atoms with van der Waals surface area (Å²) >= 11 is 0. The van der Waals surface area contributed by atoms with E-state index >= 15 is 0 Å². The van der Waals surface area contributed by atoms with E-state index in [9.17, 15) is 10.2 Å². The van der Waals surface area contributed by atoms with Crippen LogP contribution in [-0.4, -0.2) is 10.2 Å². The highest BCUT2D eigenvalue weighted by Crippen LogP contribution is 2.37. The number of aromatic hydroxyl groups is 2. The number of hydrogen-bond donors (Lipinski definition) is 2. The number of phenols is 2. The van der Waals surface area contributed by atoms with Crippen molar-refractivity contribution in [3.8, 4) is 11.5 Å². The van der Waals surface area contributed by atoms with Crippen molar-refractivity contribution in [3.63, 3.8) is 0 Å². The molecule has 0 saturated heterocycles. The monoisotopic (exact) mass is 282 g/mol. The molecule has 0 radical (unpaired) electrons. The molecule has 0 amide bonds. The van der Waals surface area contributed by atoms with Gasteiger partial charge in [0.1, 0.15) is 11.5 Å². The fraction of sp³-hybridized carbons (Fsp3) is 0.368. The van der Waals surface area contributed by atoms with Gasteiger partial charge in [0.05, 0.1) is 0 Å². The maximum atomic E-state index is 9.98. The second-order valence-corrected chi connectivity index (χ2v) is 6.02. The van der Waals surface area contributed by atoms with E-state index in [4.69, 9.17) is 0 Å². The van der Waals surface area contributed by atoms with Gasteiger partial charge in [0.25, 0.3) is 0 Å². The third kappa shape index (κ3) is 3.21. The number of para-hydroxylation sites is 1. The maximum absolute atomic E-state index is 9.98. The van der Waals surface area contributed by atoms with Crippen LogP contribution < -0.4 is 0 Å². The molecule has 0 spiro atoms. The molecule has 1 fully saturated rings. The summed E-state index contributed by atoms with van der Waals surface area (Å²) in [4.78, 5) is 0. The summed E-state index contributed by atoms with van der Waals surface area (Å²) in [6, 6.07) is 13.2. The Morgan fingerprint density at radius 3 is 2.38 bits per heavy atom. The van der Waals surface area contributed by atoms with E-state index in [1.54, 1.807) is 12.1 Å². The van der Waals surface area contributed by atoms with Gasteiger partial charge in [-0.05, 0) is 53.6 Å². The van der Waals surface area contributed by atoms with Crippen LogP contribution in [0.3, 0.4) is 0 Å². The van der Waals surface area contributed by atoms with Crippen LogP contribution in [0.1, 0.15) is 54.7 Å². The summed E-state index contributed by atoms with van der Waals surface area (Å²) in [6.07, 6.45) is 7.00.